The third-order valence-electron chi connectivity index (χ3n) is 10.4. The summed E-state index contributed by atoms with van der Waals surface area (Å²) < 4.78 is 39.4. The molecule has 5 atom stereocenters. The average molecular weight is 889 g/mol. The Balaban J connectivity index is 2.65. The Morgan fingerprint density at radius 2 is 1.02 bits per heavy atom. The second-order valence-corrected chi connectivity index (χ2v) is 16.5. The van der Waals surface area contributed by atoms with E-state index in [0.29, 0.717) is 12.8 Å². The van der Waals surface area contributed by atoms with E-state index < -0.39 is 54.6 Å². The lowest BCUT2D eigenvalue weighted by Gasteiger charge is -2.40. The first-order chi connectivity index (χ1) is 30.5. The first-order valence-electron chi connectivity index (χ1n) is 24.3. The molecule has 0 spiro atoms. The Morgan fingerprint density at radius 1 is 0.540 bits per heavy atom. The molecule has 0 aliphatic carbocycles. The van der Waals surface area contributed by atoms with Crippen molar-refractivity contribution >= 4 is 29.8 Å². The zero-order valence-corrected chi connectivity index (χ0v) is 39.7. The van der Waals surface area contributed by atoms with Crippen molar-refractivity contribution in [2.75, 3.05) is 19.8 Å². The van der Waals surface area contributed by atoms with E-state index in [1.54, 1.807) is 0 Å². The van der Waals surface area contributed by atoms with Gasteiger partial charge in [-0.3, -0.25) is 24.0 Å². The molecule has 0 N–H and O–H groups in total. The van der Waals surface area contributed by atoms with Crippen molar-refractivity contribution in [3.8, 4) is 0 Å². The van der Waals surface area contributed by atoms with Gasteiger partial charge >= 0.3 is 29.8 Å². The molecule has 63 heavy (non-hydrogen) atoms. The molecule has 1 unspecified atom stereocenters. The molecule has 1 saturated heterocycles. The monoisotopic (exact) mass is 889 g/mol. The smallest absolute Gasteiger partial charge is 0.306 e. The normalized spacial score (nSPS) is 18.3. The molecule has 1 heterocycles. The van der Waals surface area contributed by atoms with Gasteiger partial charge in [0.05, 0.1) is 6.61 Å². The van der Waals surface area contributed by atoms with Gasteiger partial charge in [0, 0.05) is 40.0 Å². The summed E-state index contributed by atoms with van der Waals surface area (Å²) in [5, 5.41) is 0. The number of unbranched alkanes of at least 4 members (excludes halogenated alkanes) is 16. The molecule has 12 heteroatoms. The van der Waals surface area contributed by atoms with Crippen molar-refractivity contribution in [1.29, 1.82) is 0 Å². The molecule has 1 fully saturated rings. The predicted molar refractivity (Wildman–Crippen MR) is 247 cm³/mol. The molecular formula is C51H84O12. The van der Waals surface area contributed by atoms with E-state index in [9.17, 15) is 24.0 Å². The van der Waals surface area contributed by atoms with E-state index in [1.165, 1.54) is 59.3 Å². The standard InChI is InChI=1S/C51H84O12/c1-6-8-10-12-14-16-18-20-22-24-26-28-30-32-34-36-48(55)58-39-45(62-49(56)37-35-33-31-29-27-25-23-21-19-17-15-13-11-9-7-2)40-59-50-38-46(60-43(4)53)51(61-44(5)54)47(63-50)41-57-42(3)52/h14-17,20-23,45-47,50-51H,6-13,18-19,24-41H2,1-5H3/b16-14-,17-15-,22-20-,23-21-/t45-,46?,47-,50-,51-/m1/s1. The van der Waals surface area contributed by atoms with Crippen molar-refractivity contribution < 1.29 is 57.1 Å². The molecule has 12 nitrogen and oxygen atoms in total. The van der Waals surface area contributed by atoms with Crippen LogP contribution in [0.25, 0.3) is 0 Å². The van der Waals surface area contributed by atoms with Gasteiger partial charge in [-0.25, -0.2) is 0 Å². The number of hydrogen-bond donors (Lipinski definition) is 0. The van der Waals surface area contributed by atoms with E-state index >= 15 is 0 Å². The van der Waals surface area contributed by atoms with Crippen molar-refractivity contribution in [3.63, 3.8) is 0 Å². The molecule has 1 aliphatic rings. The van der Waals surface area contributed by atoms with Crippen LogP contribution >= 0.6 is 0 Å². The van der Waals surface area contributed by atoms with Crippen LogP contribution in [0.5, 0.6) is 0 Å². The van der Waals surface area contributed by atoms with Crippen LogP contribution in [0.4, 0.5) is 0 Å². The quantitative estimate of drug-likeness (QED) is 0.0251. The summed E-state index contributed by atoms with van der Waals surface area (Å²) in [5.74, 6) is -2.63. The lowest BCUT2D eigenvalue weighted by molar-refractivity contribution is -0.271. The Morgan fingerprint density at radius 3 is 1.51 bits per heavy atom. The average Bonchev–Trinajstić information content (AvgIpc) is 3.24. The predicted octanol–water partition coefficient (Wildman–Crippen LogP) is 11.6. The largest absolute Gasteiger partial charge is 0.463 e. The Hall–Kier alpha value is -3.77. The maximum Gasteiger partial charge on any atom is 0.306 e. The maximum absolute atomic E-state index is 13.0. The molecule has 0 aromatic carbocycles. The van der Waals surface area contributed by atoms with Crippen molar-refractivity contribution in [2.45, 2.75) is 226 Å². The second kappa shape index (κ2) is 39.8. The van der Waals surface area contributed by atoms with Crippen LogP contribution in [0.1, 0.15) is 195 Å². The highest BCUT2D eigenvalue weighted by Crippen LogP contribution is 2.27. The van der Waals surface area contributed by atoms with Gasteiger partial charge in [0.15, 0.2) is 18.5 Å². The first-order valence-corrected chi connectivity index (χ1v) is 24.3. The summed E-state index contributed by atoms with van der Waals surface area (Å²) in [5.41, 5.74) is 0. The second-order valence-electron chi connectivity index (χ2n) is 16.5. The molecule has 0 amide bonds. The molecular weight excluding hydrogens is 805 g/mol. The van der Waals surface area contributed by atoms with Crippen LogP contribution in [0.2, 0.25) is 0 Å². The summed E-state index contributed by atoms with van der Waals surface area (Å²) in [6, 6.07) is 0. The number of rotatable bonds is 38. The summed E-state index contributed by atoms with van der Waals surface area (Å²) in [4.78, 5) is 61.3. The van der Waals surface area contributed by atoms with Crippen molar-refractivity contribution in [1.82, 2.24) is 0 Å². The summed E-state index contributed by atoms with van der Waals surface area (Å²) in [6.45, 7) is 7.41. The van der Waals surface area contributed by atoms with Crippen LogP contribution < -0.4 is 0 Å². The molecule has 0 radical (unpaired) electrons. The van der Waals surface area contributed by atoms with Crippen LogP contribution in [-0.4, -0.2) is 80.4 Å². The molecule has 1 rings (SSSR count). The topological polar surface area (TPSA) is 150 Å². The maximum atomic E-state index is 13.0. The number of carbonyl (C=O) groups is 5. The molecule has 360 valence electrons. The number of carbonyl (C=O) groups excluding carboxylic acids is 5. The molecule has 0 aromatic heterocycles. The fraction of sp³-hybridized carbons (Fsp3) is 0.745. The summed E-state index contributed by atoms with van der Waals surface area (Å²) in [6.07, 6.45) is 37.0. The van der Waals surface area contributed by atoms with Gasteiger partial charge in [0.1, 0.15) is 25.4 Å². The molecule has 0 saturated carbocycles. The third-order valence-corrected chi connectivity index (χ3v) is 10.4. The van der Waals surface area contributed by atoms with E-state index in [1.807, 2.05) is 0 Å². The Labute approximate surface area is 380 Å². The van der Waals surface area contributed by atoms with Crippen LogP contribution in [-0.2, 0) is 57.1 Å². The molecule has 0 bridgehead atoms. The minimum atomic E-state index is -1.06. The first kappa shape index (κ1) is 57.2. The lowest BCUT2D eigenvalue weighted by atomic mass is 10.0. The van der Waals surface area contributed by atoms with E-state index in [4.69, 9.17) is 33.2 Å². The minimum Gasteiger partial charge on any atom is -0.463 e. The molecule has 1 aliphatic heterocycles. The number of ether oxygens (including phenoxy) is 7. The van der Waals surface area contributed by atoms with Gasteiger partial charge in [-0.15, -0.1) is 0 Å². The summed E-state index contributed by atoms with van der Waals surface area (Å²) in [7, 11) is 0. The zero-order valence-electron chi connectivity index (χ0n) is 39.7. The van der Waals surface area contributed by atoms with Crippen LogP contribution in [0.15, 0.2) is 48.6 Å². The highest BCUT2D eigenvalue weighted by atomic mass is 16.7. The van der Waals surface area contributed by atoms with E-state index in [0.717, 1.165) is 89.9 Å². The number of hydrogen-bond acceptors (Lipinski definition) is 12. The number of allylic oxidation sites excluding steroid dienone is 8. The van der Waals surface area contributed by atoms with E-state index in [-0.39, 0.29) is 45.1 Å². The lowest BCUT2D eigenvalue weighted by Crippen LogP contribution is -2.54. The van der Waals surface area contributed by atoms with Gasteiger partial charge in [-0.2, -0.15) is 0 Å². The number of esters is 5. The third kappa shape index (κ3) is 34.3. The van der Waals surface area contributed by atoms with Gasteiger partial charge in [0.2, 0.25) is 0 Å². The summed E-state index contributed by atoms with van der Waals surface area (Å²) >= 11 is 0. The molecule has 0 aromatic rings. The fourth-order valence-electron chi connectivity index (χ4n) is 7.00. The van der Waals surface area contributed by atoms with Crippen LogP contribution in [0, 0.1) is 0 Å². The highest BCUT2D eigenvalue weighted by molar-refractivity contribution is 5.70. The highest BCUT2D eigenvalue weighted by Gasteiger charge is 2.44. The van der Waals surface area contributed by atoms with Gasteiger partial charge in [-0.05, 0) is 77.0 Å². The van der Waals surface area contributed by atoms with Gasteiger partial charge in [0.25, 0.3) is 0 Å². The van der Waals surface area contributed by atoms with Crippen LogP contribution in [0.3, 0.4) is 0 Å². The van der Waals surface area contributed by atoms with Gasteiger partial charge in [-0.1, -0.05) is 127 Å². The zero-order chi connectivity index (χ0) is 46.2. The van der Waals surface area contributed by atoms with Gasteiger partial charge < -0.3 is 33.2 Å². The SMILES string of the molecule is CCCCC/C=C\C/C=C\CCCCCCCC(=O)OC[C@H](CO[C@H]1CC(OC(C)=O)[C@@H](OC(C)=O)[C@@H](COC(C)=O)O1)OC(=O)CCCCCCC/C=C\C/C=C\CCCCC. The van der Waals surface area contributed by atoms with Crippen molar-refractivity contribution in [3.05, 3.63) is 48.6 Å². The van der Waals surface area contributed by atoms with E-state index in [2.05, 4.69) is 62.5 Å². The minimum absolute atomic E-state index is 0.0205. The Kier molecular flexibility index (Phi) is 36.2. The Bertz CT molecular complexity index is 1340. The fourth-order valence-corrected chi connectivity index (χ4v) is 7.00. The van der Waals surface area contributed by atoms with Crippen molar-refractivity contribution in [2.24, 2.45) is 0 Å².